The molecule has 0 aliphatic carbocycles. The SMILES string of the molecule is CNS(=O)(=O)c1ccc(C(=O)N[C@H](C)C(=O)O)cc1. The van der Waals surface area contributed by atoms with E-state index in [-0.39, 0.29) is 10.5 Å². The van der Waals surface area contributed by atoms with Gasteiger partial charge in [-0.3, -0.25) is 9.59 Å². The van der Waals surface area contributed by atoms with Crippen LogP contribution in [-0.2, 0) is 14.8 Å². The van der Waals surface area contributed by atoms with Crippen LogP contribution in [0.5, 0.6) is 0 Å². The minimum Gasteiger partial charge on any atom is -0.480 e. The van der Waals surface area contributed by atoms with Gasteiger partial charge < -0.3 is 10.4 Å². The van der Waals surface area contributed by atoms with Gasteiger partial charge in [0.1, 0.15) is 6.04 Å². The molecule has 1 amide bonds. The number of carboxylic acid groups (broad SMARTS) is 1. The molecule has 0 aromatic heterocycles. The molecular weight excluding hydrogens is 272 g/mol. The zero-order valence-electron chi connectivity index (χ0n) is 10.4. The van der Waals surface area contributed by atoms with E-state index in [9.17, 15) is 18.0 Å². The number of rotatable bonds is 5. The smallest absolute Gasteiger partial charge is 0.325 e. The van der Waals surface area contributed by atoms with Crippen molar-refractivity contribution in [2.45, 2.75) is 17.9 Å². The average molecular weight is 286 g/mol. The van der Waals surface area contributed by atoms with Gasteiger partial charge in [-0.25, -0.2) is 13.1 Å². The highest BCUT2D eigenvalue weighted by Crippen LogP contribution is 2.10. The molecule has 1 aromatic carbocycles. The van der Waals surface area contributed by atoms with Crippen LogP contribution in [-0.4, -0.2) is 38.5 Å². The molecule has 0 heterocycles. The molecule has 0 fully saturated rings. The minimum atomic E-state index is -3.55. The van der Waals surface area contributed by atoms with Gasteiger partial charge in [-0.15, -0.1) is 0 Å². The maximum absolute atomic E-state index is 11.7. The molecule has 19 heavy (non-hydrogen) atoms. The van der Waals surface area contributed by atoms with E-state index in [2.05, 4.69) is 10.0 Å². The molecule has 3 N–H and O–H groups in total. The lowest BCUT2D eigenvalue weighted by Gasteiger charge is -2.09. The van der Waals surface area contributed by atoms with E-state index < -0.39 is 27.9 Å². The van der Waals surface area contributed by atoms with Gasteiger partial charge in [0, 0.05) is 5.56 Å². The fourth-order valence-electron chi connectivity index (χ4n) is 1.25. The van der Waals surface area contributed by atoms with E-state index in [4.69, 9.17) is 5.11 Å². The predicted octanol–water partition coefficient (Wildman–Crippen LogP) is -0.202. The molecule has 0 bridgehead atoms. The van der Waals surface area contributed by atoms with Crippen molar-refractivity contribution in [3.8, 4) is 0 Å². The molecule has 0 aliphatic rings. The Morgan fingerprint density at radius 3 is 2.16 bits per heavy atom. The van der Waals surface area contributed by atoms with Crippen molar-refractivity contribution < 1.29 is 23.1 Å². The van der Waals surface area contributed by atoms with Gasteiger partial charge in [-0.2, -0.15) is 0 Å². The number of amides is 1. The van der Waals surface area contributed by atoms with Crippen molar-refractivity contribution in [3.05, 3.63) is 29.8 Å². The molecule has 1 atom stereocenters. The number of benzene rings is 1. The highest BCUT2D eigenvalue weighted by molar-refractivity contribution is 7.89. The van der Waals surface area contributed by atoms with Gasteiger partial charge in [0.25, 0.3) is 5.91 Å². The molecule has 8 heteroatoms. The van der Waals surface area contributed by atoms with Crippen LogP contribution in [0.2, 0.25) is 0 Å². The molecule has 0 aliphatic heterocycles. The summed E-state index contributed by atoms with van der Waals surface area (Å²) in [5, 5.41) is 10.9. The van der Waals surface area contributed by atoms with Crippen molar-refractivity contribution in [3.63, 3.8) is 0 Å². The third-order valence-electron chi connectivity index (χ3n) is 2.41. The van der Waals surface area contributed by atoms with Gasteiger partial charge in [-0.05, 0) is 38.2 Å². The van der Waals surface area contributed by atoms with E-state index in [1.807, 2.05) is 0 Å². The number of aliphatic carboxylic acids is 1. The summed E-state index contributed by atoms with van der Waals surface area (Å²) >= 11 is 0. The predicted molar refractivity (Wildman–Crippen MR) is 67.3 cm³/mol. The second kappa shape index (κ2) is 5.81. The lowest BCUT2D eigenvalue weighted by Crippen LogP contribution is -2.38. The highest BCUT2D eigenvalue weighted by Gasteiger charge is 2.16. The van der Waals surface area contributed by atoms with Crippen LogP contribution in [0.3, 0.4) is 0 Å². The van der Waals surface area contributed by atoms with Crippen molar-refractivity contribution in [2.24, 2.45) is 0 Å². The van der Waals surface area contributed by atoms with Crippen LogP contribution in [0.15, 0.2) is 29.2 Å². The summed E-state index contributed by atoms with van der Waals surface area (Å²) in [4.78, 5) is 22.3. The summed E-state index contributed by atoms with van der Waals surface area (Å²) in [7, 11) is -2.27. The highest BCUT2D eigenvalue weighted by atomic mass is 32.2. The quantitative estimate of drug-likeness (QED) is 0.693. The molecule has 104 valence electrons. The molecular formula is C11H14N2O5S. The molecule has 1 rings (SSSR count). The van der Waals surface area contributed by atoms with Gasteiger partial charge in [0.15, 0.2) is 0 Å². The van der Waals surface area contributed by atoms with Gasteiger partial charge in [0.05, 0.1) is 4.90 Å². The lowest BCUT2D eigenvalue weighted by atomic mass is 10.2. The number of carbonyl (C=O) groups is 2. The number of hydrogen-bond acceptors (Lipinski definition) is 4. The second-order valence-electron chi connectivity index (χ2n) is 3.77. The summed E-state index contributed by atoms with van der Waals surface area (Å²) in [6.07, 6.45) is 0. The van der Waals surface area contributed by atoms with Crippen LogP contribution in [0.25, 0.3) is 0 Å². The number of carboxylic acids is 1. The standard InChI is InChI=1S/C11H14N2O5S/c1-7(11(15)16)13-10(14)8-3-5-9(6-4-8)19(17,18)12-2/h3-7,12H,1-2H3,(H,13,14)(H,15,16)/t7-/m1/s1. The van der Waals surface area contributed by atoms with Crippen LogP contribution in [0.1, 0.15) is 17.3 Å². The fraction of sp³-hybridized carbons (Fsp3) is 0.273. The third kappa shape index (κ3) is 3.76. The maximum atomic E-state index is 11.7. The molecule has 0 unspecified atom stereocenters. The fourth-order valence-corrected chi connectivity index (χ4v) is 1.98. The summed E-state index contributed by atoms with van der Waals surface area (Å²) in [6, 6.07) is 4.15. The second-order valence-corrected chi connectivity index (χ2v) is 5.65. The Labute approximate surface area is 110 Å². The summed E-state index contributed by atoms with van der Waals surface area (Å²) in [5.41, 5.74) is 0.183. The Hall–Kier alpha value is -1.93. The summed E-state index contributed by atoms with van der Waals surface area (Å²) in [6.45, 7) is 1.33. The van der Waals surface area contributed by atoms with E-state index in [1.54, 1.807) is 0 Å². The number of nitrogens with one attached hydrogen (secondary N) is 2. The normalized spacial score (nSPS) is 12.7. The van der Waals surface area contributed by atoms with Gasteiger partial charge >= 0.3 is 5.97 Å². The first-order valence-electron chi connectivity index (χ1n) is 5.35. The first-order chi connectivity index (χ1) is 8.77. The Kier molecular flexibility index (Phi) is 4.62. The summed E-state index contributed by atoms with van der Waals surface area (Å²) < 4.78 is 25.1. The van der Waals surface area contributed by atoms with E-state index in [1.165, 1.54) is 38.2 Å². The number of sulfonamides is 1. The Morgan fingerprint density at radius 2 is 1.74 bits per heavy atom. The molecule has 0 radical (unpaired) electrons. The molecule has 7 nitrogen and oxygen atoms in total. The monoisotopic (exact) mass is 286 g/mol. The molecule has 1 aromatic rings. The lowest BCUT2D eigenvalue weighted by molar-refractivity contribution is -0.138. The van der Waals surface area contributed by atoms with Crippen LogP contribution in [0, 0.1) is 0 Å². The van der Waals surface area contributed by atoms with Gasteiger partial charge in [0.2, 0.25) is 10.0 Å². The third-order valence-corrected chi connectivity index (χ3v) is 3.84. The first kappa shape index (κ1) is 15.1. The maximum Gasteiger partial charge on any atom is 0.325 e. The number of carbonyl (C=O) groups excluding carboxylic acids is 1. The van der Waals surface area contributed by atoms with Crippen molar-refractivity contribution in [2.75, 3.05) is 7.05 Å². The molecule has 0 saturated heterocycles. The topological polar surface area (TPSA) is 113 Å². The molecule has 0 saturated carbocycles. The van der Waals surface area contributed by atoms with E-state index >= 15 is 0 Å². The van der Waals surface area contributed by atoms with Crippen molar-refractivity contribution in [1.82, 2.24) is 10.0 Å². The molecule has 0 spiro atoms. The first-order valence-corrected chi connectivity index (χ1v) is 6.83. The zero-order chi connectivity index (χ0) is 14.6. The Morgan fingerprint density at radius 1 is 1.21 bits per heavy atom. The zero-order valence-corrected chi connectivity index (χ0v) is 11.2. The van der Waals surface area contributed by atoms with Crippen molar-refractivity contribution in [1.29, 1.82) is 0 Å². The Balaban J connectivity index is 2.88. The average Bonchev–Trinajstić information content (AvgIpc) is 2.38. The minimum absolute atomic E-state index is 0.0258. The number of hydrogen-bond donors (Lipinski definition) is 3. The largest absolute Gasteiger partial charge is 0.480 e. The van der Waals surface area contributed by atoms with Gasteiger partial charge in [-0.1, -0.05) is 0 Å². The van der Waals surface area contributed by atoms with E-state index in [0.29, 0.717) is 0 Å². The van der Waals surface area contributed by atoms with Crippen LogP contribution in [0.4, 0.5) is 0 Å². The van der Waals surface area contributed by atoms with E-state index in [0.717, 1.165) is 0 Å². The van der Waals surface area contributed by atoms with Crippen LogP contribution < -0.4 is 10.0 Å². The van der Waals surface area contributed by atoms with Crippen LogP contribution >= 0.6 is 0 Å². The Bertz CT molecular complexity index is 580. The summed E-state index contributed by atoms with van der Waals surface area (Å²) in [5.74, 6) is -1.73. The van der Waals surface area contributed by atoms with Crippen molar-refractivity contribution >= 4 is 21.9 Å².